The lowest BCUT2D eigenvalue weighted by atomic mass is 9.83. The average molecular weight is 467 g/mol. The van der Waals surface area contributed by atoms with Gasteiger partial charge in [-0.25, -0.2) is 9.67 Å². The summed E-state index contributed by atoms with van der Waals surface area (Å²) in [5, 5.41) is 7.10. The van der Waals surface area contributed by atoms with Gasteiger partial charge in [0.2, 0.25) is 0 Å². The van der Waals surface area contributed by atoms with Gasteiger partial charge in [0.15, 0.2) is 5.82 Å². The van der Waals surface area contributed by atoms with E-state index in [1.807, 2.05) is 53.3 Å². The molecule has 3 aromatic heterocycles. The molecule has 0 aliphatic carbocycles. The fourth-order valence-electron chi connectivity index (χ4n) is 4.58. The molecule has 0 saturated carbocycles. The molecule has 36 heavy (non-hydrogen) atoms. The quantitative estimate of drug-likeness (QED) is 0.265. The Morgan fingerprint density at radius 2 is 1.31 bits per heavy atom. The molecule has 4 nitrogen and oxygen atoms in total. The first-order valence-corrected chi connectivity index (χ1v) is 12.1. The first-order chi connectivity index (χ1) is 17.6. The lowest BCUT2D eigenvalue weighted by Gasteiger charge is -2.25. The summed E-state index contributed by atoms with van der Waals surface area (Å²) in [7, 11) is 0. The van der Waals surface area contributed by atoms with Crippen LogP contribution in [-0.4, -0.2) is 19.7 Å². The molecule has 0 aliphatic heterocycles. The molecule has 6 rings (SSSR count). The van der Waals surface area contributed by atoms with Crippen LogP contribution in [-0.2, 0) is 5.41 Å². The first-order valence-electron chi connectivity index (χ1n) is 12.1. The van der Waals surface area contributed by atoms with Crippen molar-refractivity contribution >= 4 is 10.8 Å². The number of hydrogen-bond acceptors (Lipinski definition) is 3. The van der Waals surface area contributed by atoms with Gasteiger partial charge in [0.25, 0.3) is 0 Å². The lowest BCUT2D eigenvalue weighted by Crippen LogP contribution is -2.23. The van der Waals surface area contributed by atoms with Crippen molar-refractivity contribution in [1.82, 2.24) is 19.7 Å². The summed E-state index contributed by atoms with van der Waals surface area (Å²) >= 11 is 0. The molecular weight excluding hydrogens is 440 g/mol. The van der Waals surface area contributed by atoms with E-state index in [1.165, 1.54) is 5.39 Å². The zero-order chi connectivity index (χ0) is 24.5. The normalized spacial score (nSPS) is 11.6. The van der Waals surface area contributed by atoms with E-state index in [-0.39, 0.29) is 0 Å². The average Bonchev–Trinajstić information content (AvgIpc) is 3.44. The van der Waals surface area contributed by atoms with Gasteiger partial charge in [-0.1, -0.05) is 91.0 Å². The predicted molar refractivity (Wildman–Crippen MR) is 146 cm³/mol. The molecule has 0 unspecified atom stereocenters. The van der Waals surface area contributed by atoms with E-state index in [4.69, 9.17) is 15.1 Å². The molecule has 0 atom stereocenters. The Morgan fingerprint density at radius 1 is 0.611 bits per heavy atom. The van der Waals surface area contributed by atoms with Crippen LogP contribution >= 0.6 is 0 Å². The standard InChI is InChI=1S/C32H26N4/c1-32(2,29-22-25-16-9-10-17-26(25)31(34-29)24-14-7-4-8-15-24)28-18-11-19-30(33-28)36-21-20-27(35-36)23-12-5-3-6-13-23/h3-22H,1-2H3. The van der Waals surface area contributed by atoms with Crippen LogP contribution in [0.5, 0.6) is 0 Å². The summed E-state index contributed by atoms with van der Waals surface area (Å²) in [4.78, 5) is 10.2. The van der Waals surface area contributed by atoms with Crippen molar-refractivity contribution in [1.29, 1.82) is 0 Å². The number of fused-ring (bicyclic) bond motifs is 1. The molecule has 0 bridgehead atoms. The summed E-state index contributed by atoms with van der Waals surface area (Å²) in [6, 6.07) is 39.3. The van der Waals surface area contributed by atoms with E-state index in [0.717, 1.165) is 45.1 Å². The van der Waals surface area contributed by atoms with Crippen molar-refractivity contribution in [3.8, 4) is 28.3 Å². The Labute approximate surface area is 210 Å². The largest absolute Gasteiger partial charge is 0.251 e. The molecule has 174 valence electrons. The highest BCUT2D eigenvalue weighted by Crippen LogP contribution is 2.35. The van der Waals surface area contributed by atoms with Crippen LogP contribution in [0.4, 0.5) is 0 Å². The van der Waals surface area contributed by atoms with Crippen molar-refractivity contribution < 1.29 is 0 Å². The summed E-state index contributed by atoms with van der Waals surface area (Å²) in [5.41, 5.74) is 5.62. The Kier molecular flexibility index (Phi) is 5.42. The number of rotatable bonds is 5. The highest BCUT2D eigenvalue weighted by atomic mass is 15.3. The van der Waals surface area contributed by atoms with E-state index < -0.39 is 5.41 Å². The SMILES string of the molecule is CC(C)(c1cccc(-n2ccc(-c3ccccc3)n2)n1)c1cc2ccccc2c(-c2ccccc2)n1. The molecule has 0 N–H and O–H groups in total. The lowest BCUT2D eigenvalue weighted by molar-refractivity contribution is 0.593. The Balaban J connectivity index is 1.43. The topological polar surface area (TPSA) is 43.6 Å². The fraction of sp³-hybridized carbons (Fsp3) is 0.0938. The minimum atomic E-state index is -0.418. The first kappa shape index (κ1) is 21.9. The molecule has 0 aliphatic rings. The van der Waals surface area contributed by atoms with Crippen LogP contribution in [0.3, 0.4) is 0 Å². The van der Waals surface area contributed by atoms with Gasteiger partial charge in [-0.15, -0.1) is 0 Å². The monoisotopic (exact) mass is 466 g/mol. The van der Waals surface area contributed by atoms with Crippen LogP contribution in [0.1, 0.15) is 25.2 Å². The molecule has 0 radical (unpaired) electrons. The van der Waals surface area contributed by atoms with Crippen LogP contribution in [0, 0.1) is 0 Å². The zero-order valence-corrected chi connectivity index (χ0v) is 20.3. The summed E-state index contributed by atoms with van der Waals surface area (Å²) in [5.74, 6) is 0.784. The highest BCUT2D eigenvalue weighted by Gasteiger charge is 2.28. The molecular formula is C32H26N4. The van der Waals surface area contributed by atoms with Crippen molar-refractivity contribution in [2.24, 2.45) is 0 Å². The van der Waals surface area contributed by atoms with Gasteiger partial charge in [0.1, 0.15) is 0 Å². The maximum Gasteiger partial charge on any atom is 0.153 e. The van der Waals surface area contributed by atoms with Crippen LogP contribution < -0.4 is 0 Å². The van der Waals surface area contributed by atoms with E-state index in [2.05, 4.69) is 86.6 Å². The number of nitrogens with zero attached hydrogens (tertiary/aromatic N) is 4. The van der Waals surface area contributed by atoms with Crippen molar-refractivity contribution in [2.45, 2.75) is 19.3 Å². The molecule has 3 heterocycles. The summed E-state index contributed by atoms with van der Waals surface area (Å²) in [6.07, 6.45) is 1.96. The van der Waals surface area contributed by atoms with E-state index in [0.29, 0.717) is 0 Å². The molecule has 3 aromatic carbocycles. The summed E-state index contributed by atoms with van der Waals surface area (Å²) < 4.78 is 1.84. The Morgan fingerprint density at radius 3 is 2.08 bits per heavy atom. The maximum atomic E-state index is 5.20. The number of pyridine rings is 2. The van der Waals surface area contributed by atoms with Gasteiger partial charge in [-0.3, -0.25) is 4.98 Å². The van der Waals surface area contributed by atoms with Crippen molar-refractivity contribution in [3.05, 3.63) is 133 Å². The van der Waals surface area contributed by atoms with Gasteiger partial charge in [0, 0.05) is 28.1 Å². The smallest absolute Gasteiger partial charge is 0.153 e. The van der Waals surface area contributed by atoms with Crippen LogP contribution in [0.15, 0.2) is 121 Å². The molecule has 0 fully saturated rings. The van der Waals surface area contributed by atoms with Gasteiger partial charge in [-0.05, 0) is 43.5 Å². The highest BCUT2D eigenvalue weighted by molar-refractivity contribution is 5.95. The molecule has 4 heteroatoms. The number of aromatic nitrogens is 4. The van der Waals surface area contributed by atoms with E-state index in [9.17, 15) is 0 Å². The number of benzene rings is 3. The third-order valence-corrected chi connectivity index (χ3v) is 6.70. The number of hydrogen-bond donors (Lipinski definition) is 0. The predicted octanol–water partition coefficient (Wildman–Crippen LogP) is 7.48. The molecule has 0 saturated heterocycles. The fourth-order valence-corrected chi connectivity index (χ4v) is 4.58. The van der Waals surface area contributed by atoms with Crippen LogP contribution in [0.25, 0.3) is 39.1 Å². The molecule has 0 amide bonds. The van der Waals surface area contributed by atoms with Gasteiger partial charge in [-0.2, -0.15) is 5.10 Å². The van der Waals surface area contributed by atoms with Crippen molar-refractivity contribution in [2.75, 3.05) is 0 Å². The molecule has 6 aromatic rings. The van der Waals surface area contributed by atoms with E-state index in [1.54, 1.807) is 0 Å². The third kappa shape index (κ3) is 3.97. The van der Waals surface area contributed by atoms with E-state index >= 15 is 0 Å². The Bertz CT molecular complexity index is 1650. The van der Waals surface area contributed by atoms with Crippen LogP contribution in [0.2, 0.25) is 0 Å². The van der Waals surface area contributed by atoms with Gasteiger partial charge in [0.05, 0.1) is 22.8 Å². The minimum absolute atomic E-state index is 0.418. The second kappa shape index (κ2) is 8.90. The maximum absolute atomic E-state index is 5.20. The zero-order valence-electron chi connectivity index (χ0n) is 20.3. The second-order valence-electron chi connectivity index (χ2n) is 9.46. The molecule has 0 spiro atoms. The Hall–Kier alpha value is -4.57. The van der Waals surface area contributed by atoms with Gasteiger partial charge < -0.3 is 0 Å². The summed E-state index contributed by atoms with van der Waals surface area (Å²) in [6.45, 7) is 4.37. The minimum Gasteiger partial charge on any atom is -0.251 e. The van der Waals surface area contributed by atoms with Gasteiger partial charge >= 0.3 is 0 Å². The second-order valence-corrected chi connectivity index (χ2v) is 9.46. The van der Waals surface area contributed by atoms with Crippen molar-refractivity contribution in [3.63, 3.8) is 0 Å². The third-order valence-electron chi connectivity index (χ3n) is 6.70.